The molecule has 0 spiro atoms. The molecule has 0 heterocycles. The van der Waals surface area contributed by atoms with Crippen molar-refractivity contribution in [2.24, 2.45) is 11.5 Å². The molecular weight excluding hydrogens is 272 g/mol. The van der Waals surface area contributed by atoms with E-state index in [2.05, 4.69) is 0 Å². The Kier molecular flexibility index (Phi) is 6.80. The summed E-state index contributed by atoms with van der Waals surface area (Å²) in [6.45, 7) is 2.56. The molecule has 1 atom stereocenters. The van der Waals surface area contributed by atoms with Gasteiger partial charge in [-0.25, -0.2) is 0 Å². The SMILES string of the molecule is CCC(N)(O[Si](CCCN)(OC)OC)c1ccccc1. The van der Waals surface area contributed by atoms with Crippen LogP contribution in [0.4, 0.5) is 0 Å². The fourth-order valence-electron chi connectivity index (χ4n) is 2.07. The zero-order valence-corrected chi connectivity index (χ0v) is 13.6. The normalized spacial score (nSPS) is 15.1. The third-order valence-electron chi connectivity index (χ3n) is 3.43. The van der Waals surface area contributed by atoms with E-state index in [4.69, 9.17) is 24.7 Å². The highest BCUT2D eigenvalue weighted by Gasteiger charge is 2.45. The molecule has 0 fully saturated rings. The van der Waals surface area contributed by atoms with E-state index in [1.54, 1.807) is 14.2 Å². The zero-order chi connectivity index (χ0) is 15.1. The maximum Gasteiger partial charge on any atom is 0.502 e. The van der Waals surface area contributed by atoms with Gasteiger partial charge < -0.3 is 24.7 Å². The lowest BCUT2D eigenvalue weighted by Gasteiger charge is -2.37. The average molecular weight is 298 g/mol. The van der Waals surface area contributed by atoms with E-state index < -0.39 is 14.5 Å². The van der Waals surface area contributed by atoms with Crippen molar-refractivity contribution >= 4 is 8.80 Å². The predicted molar refractivity (Wildman–Crippen MR) is 81.9 cm³/mol. The molecule has 0 saturated heterocycles. The molecule has 0 aliphatic rings. The summed E-state index contributed by atoms with van der Waals surface area (Å²) in [5, 5.41) is 0. The lowest BCUT2D eigenvalue weighted by Crippen LogP contribution is -2.54. The summed E-state index contributed by atoms with van der Waals surface area (Å²) in [6, 6.07) is 10.4. The molecule has 5 nitrogen and oxygen atoms in total. The number of nitrogens with two attached hydrogens (primary N) is 2. The molecule has 0 radical (unpaired) electrons. The van der Waals surface area contributed by atoms with Gasteiger partial charge in [0.1, 0.15) is 5.72 Å². The van der Waals surface area contributed by atoms with Crippen molar-refractivity contribution in [2.45, 2.75) is 31.5 Å². The zero-order valence-electron chi connectivity index (χ0n) is 12.6. The van der Waals surface area contributed by atoms with Crippen LogP contribution in [0.25, 0.3) is 0 Å². The Bertz CT molecular complexity index is 387. The summed E-state index contributed by atoms with van der Waals surface area (Å²) < 4.78 is 17.3. The van der Waals surface area contributed by atoms with Gasteiger partial charge in [-0.05, 0) is 24.9 Å². The Balaban J connectivity index is 2.99. The van der Waals surface area contributed by atoms with Gasteiger partial charge in [0.15, 0.2) is 0 Å². The Morgan fingerprint density at radius 1 is 1.15 bits per heavy atom. The monoisotopic (exact) mass is 298 g/mol. The number of rotatable bonds is 9. The van der Waals surface area contributed by atoms with Crippen molar-refractivity contribution in [3.8, 4) is 0 Å². The molecule has 4 N–H and O–H groups in total. The lowest BCUT2D eigenvalue weighted by molar-refractivity contribution is -0.0208. The second-order valence-corrected chi connectivity index (χ2v) is 7.58. The molecule has 0 bridgehead atoms. The first-order chi connectivity index (χ1) is 9.55. The molecule has 1 unspecified atom stereocenters. The van der Waals surface area contributed by atoms with Crippen LogP contribution in [-0.4, -0.2) is 29.6 Å². The summed E-state index contributed by atoms with van der Waals surface area (Å²) in [6.07, 6.45) is 1.41. The number of hydrogen-bond acceptors (Lipinski definition) is 5. The molecule has 1 rings (SSSR count). The van der Waals surface area contributed by atoms with Gasteiger partial charge in [0.2, 0.25) is 0 Å². The van der Waals surface area contributed by atoms with E-state index in [0.717, 1.165) is 12.0 Å². The first kappa shape index (κ1) is 17.3. The van der Waals surface area contributed by atoms with Gasteiger partial charge in [-0.2, -0.15) is 0 Å². The smallest absolute Gasteiger partial charge is 0.377 e. The molecule has 0 aromatic heterocycles. The summed E-state index contributed by atoms with van der Waals surface area (Å²) >= 11 is 0. The Hall–Kier alpha value is -0.763. The second kappa shape index (κ2) is 7.87. The summed E-state index contributed by atoms with van der Waals surface area (Å²) in [4.78, 5) is 0. The number of benzene rings is 1. The molecule has 0 aliphatic heterocycles. The second-order valence-electron chi connectivity index (χ2n) is 4.69. The topological polar surface area (TPSA) is 79.7 Å². The highest BCUT2D eigenvalue weighted by atomic mass is 28.4. The molecule has 0 saturated carbocycles. The third-order valence-corrected chi connectivity index (χ3v) is 6.32. The van der Waals surface area contributed by atoms with Crippen LogP contribution < -0.4 is 11.5 Å². The lowest BCUT2D eigenvalue weighted by atomic mass is 10.0. The predicted octanol–water partition coefficient (Wildman–Crippen LogP) is 1.81. The van der Waals surface area contributed by atoms with Gasteiger partial charge in [0, 0.05) is 20.3 Å². The van der Waals surface area contributed by atoms with Crippen LogP contribution in [0.2, 0.25) is 6.04 Å². The molecule has 1 aromatic carbocycles. The molecular formula is C14H26N2O3Si. The van der Waals surface area contributed by atoms with Crippen LogP contribution in [0, 0.1) is 0 Å². The Morgan fingerprint density at radius 2 is 1.75 bits per heavy atom. The van der Waals surface area contributed by atoms with Gasteiger partial charge in [-0.1, -0.05) is 37.3 Å². The first-order valence-electron chi connectivity index (χ1n) is 6.90. The summed E-state index contributed by atoms with van der Waals surface area (Å²) in [5.74, 6) is 0. The van der Waals surface area contributed by atoms with Gasteiger partial charge in [-0.3, -0.25) is 0 Å². The molecule has 6 heteroatoms. The molecule has 0 amide bonds. The van der Waals surface area contributed by atoms with E-state index in [-0.39, 0.29) is 0 Å². The highest BCUT2D eigenvalue weighted by molar-refractivity contribution is 6.60. The fourth-order valence-corrected chi connectivity index (χ4v) is 4.37. The van der Waals surface area contributed by atoms with Gasteiger partial charge in [0.05, 0.1) is 0 Å². The summed E-state index contributed by atoms with van der Waals surface area (Å²) in [5.41, 5.74) is 12.0. The Morgan fingerprint density at radius 3 is 2.20 bits per heavy atom. The minimum Gasteiger partial charge on any atom is -0.377 e. The molecule has 20 heavy (non-hydrogen) atoms. The average Bonchev–Trinajstić information content (AvgIpc) is 2.52. The van der Waals surface area contributed by atoms with E-state index in [1.807, 2.05) is 37.3 Å². The standard InChI is InChI=1S/C14H26N2O3Si/c1-4-14(16,13-9-6-5-7-10-13)19-20(17-2,18-3)12-8-11-15/h5-7,9-10H,4,8,11-12,15-16H2,1-3H3. The van der Waals surface area contributed by atoms with Crippen LogP contribution >= 0.6 is 0 Å². The van der Waals surface area contributed by atoms with Crippen LogP contribution in [0.1, 0.15) is 25.3 Å². The largest absolute Gasteiger partial charge is 0.502 e. The van der Waals surface area contributed by atoms with Crippen LogP contribution in [0.15, 0.2) is 30.3 Å². The van der Waals surface area contributed by atoms with Crippen molar-refractivity contribution in [3.63, 3.8) is 0 Å². The highest BCUT2D eigenvalue weighted by Crippen LogP contribution is 2.30. The first-order valence-corrected chi connectivity index (χ1v) is 8.84. The number of hydrogen-bond donors (Lipinski definition) is 2. The summed E-state index contributed by atoms with van der Waals surface area (Å²) in [7, 11) is 0.400. The van der Waals surface area contributed by atoms with Crippen LogP contribution in [-0.2, 0) is 19.0 Å². The minimum atomic E-state index is -2.81. The van der Waals surface area contributed by atoms with Gasteiger partial charge in [-0.15, -0.1) is 0 Å². The van der Waals surface area contributed by atoms with E-state index in [0.29, 0.717) is 19.0 Å². The van der Waals surface area contributed by atoms with E-state index >= 15 is 0 Å². The van der Waals surface area contributed by atoms with Crippen molar-refractivity contribution in [3.05, 3.63) is 35.9 Å². The van der Waals surface area contributed by atoms with Crippen molar-refractivity contribution in [2.75, 3.05) is 20.8 Å². The quantitative estimate of drug-likeness (QED) is 0.537. The minimum absolute atomic E-state index is 0.569. The molecule has 114 valence electrons. The van der Waals surface area contributed by atoms with E-state index in [9.17, 15) is 0 Å². The van der Waals surface area contributed by atoms with Crippen molar-refractivity contribution < 1.29 is 13.3 Å². The van der Waals surface area contributed by atoms with Crippen molar-refractivity contribution in [1.82, 2.24) is 0 Å². The fraction of sp³-hybridized carbons (Fsp3) is 0.571. The van der Waals surface area contributed by atoms with E-state index in [1.165, 1.54) is 0 Å². The van der Waals surface area contributed by atoms with Crippen LogP contribution in [0.5, 0.6) is 0 Å². The molecule has 0 aliphatic carbocycles. The Labute approximate surface area is 122 Å². The molecule has 1 aromatic rings. The maximum atomic E-state index is 6.45. The van der Waals surface area contributed by atoms with Gasteiger partial charge in [0.25, 0.3) is 0 Å². The van der Waals surface area contributed by atoms with Crippen LogP contribution in [0.3, 0.4) is 0 Å². The maximum absolute atomic E-state index is 6.45. The third kappa shape index (κ3) is 4.11. The van der Waals surface area contributed by atoms with Crippen molar-refractivity contribution in [1.29, 1.82) is 0 Å². The van der Waals surface area contributed by atoms with Gasteiger partial charge >= 0.3 is 8.80 Å².